The monoisotopic (exact) mass is 423 g/mol. The van der Waals surface area contributed by atoms with Gasteiger partial charge in [0.1, 0.15) is 22.7 Å². The number of benzene rings is 1. The first-order valence-electron chi connectivity index (χ1n) is 9.97. The number of para-hydroxylation sites is 1. The summed E-state index contributed by atoms with van der Waals surface area (Å²) in [6.45, 7) is 1.20. The summed E-state index contributed by atoms with van der Waals surface area (Å²) in [5.74, 6) is 0.438. The van der Waals surface area contributed by atoms with Gasteiger partial charge in [-0.3, -0.25) is 14.9 Å². The van der Waals surface area contributed by atoms with Crippen LogP contribution in [0.25, 0.3) is 10.9 Å². The number of H-pyrrole nitrogens is 1. The maximum atomic E-state index is 13.2. The highest BCUT2D eigenvalue weighted by atomic mass is 32.2. The molecular formula is C22H21N3O4S. The minimum Gasteiger partial charge on any atom is -0.467 e. The molecule has 2 N–H and O–H groups in total. The van der Waals surface area contributed by atoms with Crippen LogP contribution in [0.1, 0.15) is 35.1 Å². The second kappa shape index (κ2) is 8.12. The van der Waals surface area contributed by atoms with Gasteiger partial charge in [0, 0.05) is 30.0 Å². The third-order valence-corrected chi connectivity index (χ3v) is 6.69. The fraction of sp³-hybridized carbons (Fsp3) is 0.318. The van der Waals surface area contributed by atoms with E-state index < -0.39 is 11.3 Å². The molecule has 3 aromatic rings. The lowest BCUT2D eigenvalue weighted by molar-refractivity contribution is -0.125. The predicted octanol–water partition coefficient (Wildman–Crippen LogP) is 3.70. The Balaban J connectivity index is 1.36. The van der Waals surface area contributed by atoms with Crippen LogP contribution < -0.4 is 5.32 Å². The molecule has 0 bridgehead atoms. The summed E-state index contributed by atoms with van der Waals surface area (Å²) in [6.07, 6.45) is 3.02. The SMILES string of the molecule is O=C(NC1=NC(c2ccco2)C(C(=O)C2CCOCC2)S1)c1cc2ccccc2[nH]1. The summed E-state index contributed by atoms with van der Waals surface area (Å²) in [7, 11) is 0. The summed E-state index contributed by atoms with van der Waals surface area (Å²) >= 11 is 1.30. The van der Waals surface area contributed by atoms with E-state index in [9.17, 15) is 9.59 Å². The maximum absolute atomic E-state index is 13.2. The van der Waals surface area contributed by atoms with Crippen molar-refractivity contribution in [1.82, 2.24) is 10.3 Å². The molecule has 0 aliphatic carbocycles. The summed E-state index contributed by atoms with van der Waals surface area (Å²) in [6, 6.07) is 12.7. The zero-order chi connectivity index (χ0) is 20.5. The molecule has 1 amide bonds. The molecule has 1 fully saturated rings. The van der Waals surface area contributed by atoms with Crippen molar-refractivity contribution in [2.45, 2.75) is 24.1 Å². The zero-order valence-corrected chi connectivity index (χ0v) is 17.0. The van der Waals surface area contributed by atoms with Crippen LogP contribution in [0.3, 0.4) is 0 Å². The normalized spacial score (nSPS) is 22.2. The number of carbonyl (C=O) groups excluding carboxylic acids is 2. The number of ether oxygens (including phenoxy) is 1. The zero-order valence-electron chi connectivity index (χ0n) is 16.2. The van der Waals surface area contributed by atoms with E-state index in [-0.39, 0.29) is 17.6 Å². The van der Waals surface area contributed by atoms with Crippen LogP contribution in [-0.4, -0.2) is 40.3 Å². The number of aromatic amines is 1. The van der Waals surface area contributed by atoms with E-state index in [2.05, 4.69) is 15.3 Å². The molecule has 2 atom stereocenters. The van der Waals surface area contributed by atoms with Crippen LogP contribution in [-0.2, 0) is 9.53 Å². The second-order valence-electron chi connectivity index (χ2n) is 7.45. The number of fused-ring (bicyclic) bond motifs is 1. The molecule has 0 radical (unpaired) electrons. The Kier molecular flexibility index (Phi) is 5.18. The number of carbonyl (C=O) groups is 2. The minimum atomic E-state index is -0.446. The van der Waals surface area contributed by atoms with Crippen molar-refractivity contribution in [1.29, 1.82) is 0 Å². The van der Waals surface area contributed by atoms with Gasteiger partial charge in [-0.1, -0.05) is 30.0 Å². The van der Waals surface area contributed by atoms with Crippen LogP contribution in [0, 0.1) is 5.92 Å². The maximum Gasteiger partial charge on any atom is 0.273 e. The quantitative estimate of drug-likeness (QED) is 0.667. The van der Waals surface area contributed by atoms with Gasteiger partial charge in [-0.15, -0.1) is 0 Å². The third-order valence-electron chi connectivity index (χ3n) is 5.52. The first kappa shape index (κ1) is 19.1. The number of nitrogens with one attached hydrogen (secondary N) is 2. The van der Waals surface area contributed by atoms with Gasteiger partial charge in [0.15, 0.2) is 11.0 Å². The van der Waals surface area contributed by atoms with E-state index >= 15 is 0 Å². The number of hydrogen-bond acceptors (Lipinski definition) is 6. The molecular weight excluding hydrogens is 402 g/mol. The van der Waals surface area contributed by atoms with Gasteiger partial charge < -0.3 is 14.1 Å². The number of hydrogen-bond donors (Lipinski definition) is 2. The number of thioether (sulfide) groups is 1. The van der Waals surface area contributed by atoms with E-state index in [4.69, 9.17) is 9.15 Å². The lowest BCUT2D eigenvalue weighted by Gasteiger charge is -2.24. The predicted molar refractivity (Wildman–Crippen MR) is 115 cm³/mol. The van der Waals surface area contributed by atoms with Gasteiger partial charge in [-0.2, -0.15) is 0 Å². The number of rotatable bonds is 4. The fourth-order valence-corrected chi connectivity index (χ4v) is 5.13. The molecule has 8 heteroatoms. The van der Waals surface area contributed by atoms with Gasteiger partial charge in [-0.05, 0) is 37.1 Å². The number of amides is 1. The molecule has 7 nitrogen and oxygen atoms in total. The number of aliphatic imine (C=N–C) groups is 1. The largest absolute Gasteiger partial charge is 0.467 e. The average Bonchev–Trinajstić information content (AvgIpc) is 3.52. The van der Waals surface area contributed by atoms with Crippen molar-refractivity contribution in [3.63, 3.8) is 0 Å². The Morgan fingerprint density at radius 3 is 2.73 bits per heavy atom. The van der Waals surface area contributed by atoms with Crippen LogP contribution in [0.15, 0.2) is 58.1 Å². The third kappa shape index (κ3) is 3.68. The molecule has 2 aromatic heterocycles. The van der Waals surface area contributed by atoms with Crippen molar-refractivity contribution >= 4 is 39.5 Å². The van der Waals surface area contributed by atoms with E-state index in [1.165, 1.54) is 11.8 Å². The number of nitrogens with zero attached hydrogens (tertiary/aromatic N) is 1. The van der Waals surface area contributed by atoms with Crippen molar-refractivity contribution in [3.05, 3.63) is 60.2 Å². The molecule has 5 rings (SSSR count). The van der Waals surface area contributed by atoms with E-state index in [0.29, 0.717) is 29.8 Å². The standard InChI is InChI=1S/C22H21N3O4S/c26-19(13-7-10-28-11-8-13)20-18(17-6-3-9-29-17)24-22(30-20)25-21(27)16-12-14-4-1-2-5-15(14)23-16/h1-6,9,12-13,18,20,23H,7-8,10-11H2,(H,24,25,27). The number of ketones is 1. The summed E-state index contributed by atoms with van der Waals surface area (Å²) < 4.78 is 10.9. The molecule has 0 spiro atoms. The molecule has 0 saturated carbocycles. The first-order chi connectivity index (χ1) is 14.7. The molecule has 2 unspecified atom stereocenters. The van der Waals surface area contributed by atoms with Gasteiger partial charge in [0.25, 0.3) is 5.91 Å². The van der Waals surface area contributed by atoms with Gasteiger partial charge in [-0.25, -0.2) is 4.99 Å². The van der Waals surface area contributed by atoms with Gasteiger partial charge >= 0.3 is 0 Å². The number of amidine groups is 1. The molecule has 30 heavy (non-hydrogen) atoms. The average molecular weight is 423 g/mol. The summed E-state index contributed by atoms with van der Waals surface area (Å²) in [5.41, 5.74) is 1.35. The Hall–Kier alpha value is -2.84. The van der Waals surface area contributed by atoms with Crippen molar-refractivity contribution < 1.29 is 18.7 Å². The Morgan fingerprint density at radius 2 is 1.97 bits per heavy atom. The fourth-order valence-electron chi connectivity index (χ4n) is 3.93. The Labute approximate surface area is 177 Å². The highest BCUT2D eigenvalue weighted by Crippen LogP contribution is 2.40. The Morgan fingerprint density at radius 1 is 1.13 bits per heavy atom. The number of aromatic nitrogens is 1. The first-order valence-corrected chi connectivity index (χ1v) is 10.9. The van der Waals surface area contributed by atoms with Crippen LogP contribution in [0.4, 0.5) is 0 Å². The van der Waals surface area contributed by atoms with Gasteiger partial charge in [0.2, 0.25) is 0 Å². The minimum absolute atomic E-state index is 0.0485. The summed E-state index contributed by atoms with van der Waals surface area (Å²) in [5, 5.41) is 3.84. The smallest absolute Gasteiger partial charge is 0.273 e. The van der Waals surface area contributed by atoms with Crippen LogP contribution >= 0.6 is 11.8 Å². The topological polar surface area (TPSA) is 96.7 Å². The highest BCUT2D eigenvalue weighted by Gasteiger charge is 2.41. The van der Waals surface area contributed by atoms with E-state index in [1.807, 2.05) is 30.3 Å². The molecule has 1 aromatic carbocycles. The number of furan rings is 1. The van der Waals surface area contributed by atoms with E-state index in [0.717, 1.165) is 23.7 Å². The lowest BCUT2D eigenvalue weighted by atomic mass is 9.90. The second-order valence-corrected chi connectivity index (χ2v) is 8.58. The van der Waals surface area contributed by atoms with Crippen molar-refractivity contribution in [2.75, 3.05) is 13.2 Å². The number of Topliss-reactive ketones (excluding diaryl/α,β-unsaturated/α-hetero) is 1. The van der Waals surface area contributed by atoms with E-state index in [1.54, 1.807) is 18.4 Å². The summed E-state index contributed by atoms with van der Waals surface area (Å²) in [4.78, 5) is 33.7. The van der Waals surface area contributed by atoms with Crippen LogP contribution in [0.2, 0.25) is 0 Å². The van der Waals surface area contributed by atoms with Gasteiger partial charge in [0.05, 0.1) is 6.26 Å². The molecule has 2 aliphatic heterocycles. The lowest BCUT2D eigenvalue weighted by Crippen LogP contribution is -2.33. The molecule has 4 heterocycles. The molecule has 1 saturated heterocycles. The highest BCUT2D eigenvalue weighted by molar-refractivity contribution is 8.15. The van der Waals surface area contributed by atoms with Crippen LogP contribution in [0.5, 0.6) is 0 Å². The molecule has 154 valence electrons. The molecule has 2 aliphatic rings. The Bertz CT molecular complexity index is 1070. The van der Waals surface area contributed by atoms with Crippen molar-refractivity contribution in [2.24, 2.45) is 10.9 Å². The van der Waals surface area contributed by atoms with Crippen molar-refractivity contribution in [3.8, 4) is 0 Å².